The maximum Gasteiger partial charge on any atom is 0.270 e. The molecule has 2 heterocycles. The van der Waals surface area contributed by atoms with E-state index in [1.54, 1.807) is 29.3 Å². The van der Waals surface area contributed by atoms with Crippen LogP contribution in [0.5, 0.6) is 0 Å². The van der Waals surface area contributed by atoms with Gasteiger partial charge in [-0.05, 0) is 36.2 Å². The van der Waals surface area contributed by atoms with Crippen molar-refractivity contribution < 1.29 is 9.59 Å². The first-order valence-electron chi connectivity index (χ1n) is 7.32. The van der Waals surface area contributed by atoms with Crippen LogP contribution < -0.4 is 10.2 Å². The molecule has 2 aromatic rings. The van der Waals surface area contributed by atoms with Gasteiger partial charge in [0.15, 0.2) is 0 Å². The lowest BCUT2D eigenvalue weighted by Crippen LogP contribution is -2.24. The molecule has 2 amide bonds. The monoisotopic (exact) mass is 295 g/mol. The van der Waals surface area contributed by atoms with Gasteiger partial charge in [0, 0.05) is 31.4 Å². The van der Waals surface area contributed by atoms with Gasteiger partial charge < -0.3 is 10.2 Å². The predicted octanol–water partition coefficient (Wildman–Crippen LogP) is 2.14. The second-order valence-corrected chi connectivity index (χ2v) is 5.21. The van der Waals surface area contributed by atoms with Crippen molar-refractivity contribution in [1.29, 1.82) is 0 Å². The van der Waals surface area contributed by atoms with Crippen LogP contribution in [0.2, 0.25) is 0 Å². The summed E-state index contributed by atoms with van der Waals surface area (Å²) in [5, 5.41) is 2.83. The molecule has 1 N–H and O–H groups in total. The molecule has 1 saturated heterocycles. The van der Waals surface area contributed by atoms with Gasteiger partial charge in [-0.2, -0.15) is 0 Å². The van der Waals surface area contributed by atoms with Gasteiger partial charge in [-0.3, -0.25) is 14.6 Å². The van der Waals surface area contributed by atoms with Gasteiger partial charge in [0.05, 0.1) is 0 Å². The molecule has 1 aromatic carbocycles. The van der Waals surface area contributed by atoms with Crippen molar-refractivity contribution in [1.82, 2.24) is 10.3 Å². The van der Waals surface area contributed by atoms with Crippen molar-refractivity contribution in [2.24, 2.45) is 0 Å². The highest BCUT2D eigenvalue weighted by Gasteiger charge is 2.21. The molecule has 22 heavy (non-hydrogen) atoms. The number of pyridine rings is 1. The van der Waals surface area contributed by atoms with Crippen LogP contribution in [-0.2, 0) is 11.3 Å². The van der Waals surface area contributed by atoms with Crippen LogP contribution >= 0.6 is 0 Å². The highest BCUT2D eigenvalue weighted by atomic mass is 16.2. The minimum atomic E-state index is -0.195. The molecule has 1 aromatic heterocycles. The fourth-order valence-electron chi connectivity index (χ4n) is 2.48. The molecule has 0 radical (unpaired) electrons. The number of nitrogens with one attached hydrogen (secondary N) is 1. The summed E-state index contributed by atoms with van der Waals surface area (Å²) in [5.74, 6) is -0.0180. The van der Waals surface area contributed by atoms with Crippen LogP contribution in [0.1, 0.15) is 28.9 Å². The Bertz CT molecular complexity index is 668. The Kier molecular flexibility index (Phi) is 4.14. The molecule has 0 saturated carbocycles. The third-order valence-electron chi connectivity index (χ3n) is 3.67. The molecule has 0 bridgehead atoms. The number of hydrogen-bond acceptors (Lipinski definition) is 3. The lowest BCUT2D eigenvalue weighted by atomic mass is 10.2. The van der Waals surface area contributed by atoms with Gasteiger partial charge in [-0.1, -0.05) is 18.2 Å². The predicted molar refractivity (Wildman–Crippen MR) is 83.4 cm³/mol. The number of rotatable bonds is 4. The maximum atomic E-state index is 11.9. The zero-order valence-electron chi connectivity index (χ0n) is 12.2. The Morgan fingerprint density at radius 3 is 2.64 bits per heavy atom. The average molecular weight is 295 g/mol. The van der Waals surface area contributed by atoms with Gasteiger partial charge in [0.2, 0.25) is 5.91 Å². The quantitative estimate of drug-likeness (QED) is 0.940. The standard InChI is InChI=1S/C17H17N3O2/c21-16-5-3-11-20(16)14-8-6-13(7-9-14)12-19-17(22)15-4-1-2-10-18-15/h1-2,4,6-10H,3,5,11-12H2,(H,19,22). The lowest BCUT2D eigenvalue weighted by Gasteiger charge is -2.16. The first-order chi connectivity index (χ1) is 10.7. The molecule has 0 spiro atoms. The summed E-state index contributed by atoms with van der Waals surface area (Å²) in [5.41, 5.74) is 2.31. The Balaban J connectivity index is 1.59. The molecule has 5 nitrogen and oxygen atoms in total. The fourth-order valence-corrected chi connectivity index (χ4v) is 2.48. The van der Waals surface area contributed by atoms with Gasteiger partial charge >= 0.3 is 0 Å². The van der Waals surface area contributed by atoms with E-state index in [0.29, 0.717) is 18.7 Å². The van der Waals surface area contributed by atoms with E-state index >= 15 is 0 Å². The molecular weight excluding hydrogens is 278 g/mol. The van der Waals surface area contributed by atoms with Crippen LogP contribution in [0.25, 0.3) is 0 Å². The smallest absolute Gasteiger partial charge is 0.270 e. The van der Waals surface area contributed by atoms with E-state index in [1.165, 1.54) is 0 Å². The van der Waals surface area contributed by atoms with Crippen molar-refractivity contribution in [3.63, 3.8) is 0 Å². The molecule has 0 atom stereocenters. The van der Waals surface area contributed by atoms with E-state index in [-0.39, 0.29) is 11.8 Å². The SMILES string of the molecule is O=C(NCc1ccc(N2CCCC2=O)cc1)c1ccccn1. The second kappa shape index (κ2) is 6.39. The summed E-state index contributed by atoms with van der Waals surface area (Å²) < 4.78 is 0. The number of amides is 2. The summed E-state index contributed by atoms with van der Waals surface area (Å²) in [7, 11) is 0. The average Bonchev–Trinajstić information content (AvgIpc) is 3.00. The Labute approximate surface area is 129 Å². The molecule has 3 rings (SSSR count). The number of benzene rings is 1. The lowest BCUT2D eigenvalue weighted by molar-refractivity contribution is -0.117. The fraction of sp³-hybridized carbons (Fsp3) is 0.235. The molecule has 112 valence electrons. The van der Waals surface area contributed by atoms with Crippen molar-refractivity contribution in [3.8, 4) is 0 Å². The van der Waals surface area contributed by atoms with Crippen LogP contribution in [0.3, 0.4) is 0 Å². The molecule has 1 aliphatic heterocycles. The zero-order valence-corrected chi connectivity index (χ0v) is 12.2. The summed E-state index contributed by atoms with van der Waals surface area (Å²) in [6, 6.07) is 12.9. The number of hydrogen-bond donors (Lipinski definition) is 1. The number of carbonyl (C=O) groups is 2. The van der Waals surface area contributed by atoms with Gasteiger partial charge in [0.1, 0.15) is 5.69 Å². The van der Waals surface area contributed by atoms with Crippen LogP contribution in [0.15, 0.2) is 48.7 Å². The zero-order chi connectivity index (χ0) is 15.4. The van der Waals surface area contributed by atoms with Crippen LogP contribution in [0.4, 0.5) is 5.69 Å². The topological polar surface area (TPSA) is 62.3 Å². The third-order valence-corrected chi connectivity index (χ3v) is 3.67. The number of aromatic nitrogens is 1. The number of anilines is 1. The van der Waals surface area contributed by atoms with Gasteiger partial charge in [-0.15, -0.1) is 0 Å². The van der Waals surface area contributed by atoms with E-state index in [0.717, 1.165) is 24.2 Å². The van der Waals surface area contributed by atoms with Crippen LogP contribution in [-0.4, -0.2) is 23.3 Å². The normalized spacial score (nSPS) is 14.2. The Hall–Kier alpha value is -2.69. The van der Waals surface area contributed by atoms with Gasteiger partial charge in [-0.25, -0.2) is 0 Å². The second-order valence-electron chi connectivity index (χ2n) is 5.21. The molecular formula is C17H17N3O2. The highest BCUT2D eigenvalue weighted by Crippen LogP contribution is 2.21. The van der Waals surface area contributed by atoms with Crippen molar-refractivity contribution in [2.75, 3.05) is 11.4 Å². The number of carbonyl (C=O) groups excluding carboxylic acids is 2. The Morgan fingerprint density at radius 1 is 1.18 bits per heavy atom. The van der Waals surface area contributed by atoms with E-state index < -0.39 is 0 Å². The largest absolute Gasteiger partial charge is 0.347 e. The van der Waals surface area contributed by atoms with Gasteiger partial charge in [0.25, 0.3) is 5.91 Å². The third kappa shape index (κ3) is 3.14. The minimum Gasteiger partial charge on any atom is -0.347 e. The van der Waals surface area contributed by atoms with Crippen molar-refractivity contribution in [3.05, 3.63) is 59.9 Å². The van der Waals surface area contributed by atoms with E-state index in [1.807, 2.05) is 24.3 Å². The summed E-state index contributed by atoms with van der Waals surface area (Å²) in [4.78, 5) is 29.4. The van der Waals surface area contributed by atoms with E-state index in [2.05, 4.69) is 10.3 Å². The van der Waals surface area contributed by atoms with E-state index in [4.69, 9.17) is 0 Å². The summed E-state index contributed by atoms with van der Waals surface area (Å²) in [6.45, 7) is 1.22. The van der Waals surface area contributed by atoms with Crippen molar-refractivity contribution >= 4 is 17.5 Å². The molecule has 0 unspecified atom stereocenters. The molecule has 1 aliphatic rings. The minimum absolute atomic E-state index is 0.177. The summed E-state index contributed by atoms with van der Waals surface area (Å²) >= 11 is 0. The number of nitrogens with zero attached hydrogens (tertiary/aromatic N) is 2. The van der Waals surface area contributed by atoms with E-state index in [9.17, 15) is 9.59 Å². The highest BCUT2D eigenvalue weighted by molar-refractivity contribution is 5.95. The molecule has 5 heteroatoms. The maximum absolute atomic E-state index is 11.9. The van der Waals surface area contributed by atoms with Crippen LogP contribution in [0, 0.1) is 0 Å². The first-order valence-corrected chi connectivity index (χ1v) is 7.32. The molecule has 1 fully saturated rings. The summed E-state index contributed by atoms with van der Waals surface area (Å²) in [6.07, 6.45) is 3.14. The molecule has 0 aliphatic carbocycles. The van der Waals surface area contributed by atoms with Crippen molar-refractivity contribution in [2.45, 2.75) is 19.4 Å². The first kappa shape index (κ1) is 14.3. The Morgan fingerprint density at radius 2 is 2.00 bits per heavy atom.